The van der Waals surface area contributed by atoms with Crippen molar-refractivity contribution >= 4 is 22.8 Å². The van der Waals surface area contributed by atoms with E-state index in [0.717, 1.165) is 61.0 Å². The quantitative estimate of drug-likeness (QED) is 0.401. The van der Waals surface area contributed by atoms with Gasteiger partial charge in [-0.1, -0.05) is 18.7 Å². The standard InChI is InChI=1S/C30H41NO8S/c1-5-40-24(32)17-30(35,11-6-9-28(2,3)34)27(33)39-26-23(36-4)16-29-10-7-12-31(29)13-8-19-14-21-22(38-18-37-21)15-20(19)25(26)29/h14-16,25-26,34-35H,5-13,17-18H2,1-4H3/t25-,26?,29?,30?/m1/s1. The zero-order valence-corrected chi connectivity index (χ0v) is 24.7. The third kappa shape index (κ3) is 5.47. The van der Waals surface area contributed by atoms with Gasteiger partial charge in [0, 0.05) is 6.54 Å². The SMILES string of the molecule is CCSC(=O)CC(O)(CCCC(C)(C)O)C(=O)OC1C(OC)=CC23CCCN2CCc2cc4c(cc2[C@H]13)OCO4. The summed E-state index contributed by atoms with van der Waals surface area (Å²) in [7, 11) is 1.57. The maximum atomic E-state index is 13.9. The number of carbonyl (C=O) groups is 2. The lowest BCUT2D eigenvalue weighted by molar-refractivity contribution is -0.175. The molecule has 1 aromatic carbocycles. The van der Waals surface area contributed by atoms with Crippen LogP contribution in [0.5, 0.6) is 11.5 Å². The number of esters is 1. The van der Waals surface area contributed by atoms with Gasteiger partial charge in [-0.3, -0.25) is 9.69 Å². The van der Waals surface area contributed by atoms with Gasteiger partial charge in [-0.2, -0.15) is 0 Å². The number of aliphatic hydroxyl groups is 2. The number of rotatable bonds is 10. The number of ether oxygens (including phenoxy) is 4. The third-order valence-electron chi connectivity index (χ3n) is 8.70. The number of hydrogen-bond acceptors (Lipinski definition) is 10. The minimum atomic E-state index is -2.02. The van der Waals surface area contributed by atoms with Crippen molar-refractivity contribution in [2.45, 2.75) is 94.5 Å². The Morgan fingerprint density at radius 3 is 2.62 bits per heavy atom. The summed E-state index contributed by atoms with van der Waals surface area (Å²) in [5, 5.41) is 21.6. The maximum absolute atomic E-state index is 13.9. The molecule has 4 atom stereocenters. The van der Waals surface area contributed by atoms with E-state index < -0.39 is 28.8 Å². The second-order valence-electron chi connectivity index (χ2n) is 12.0. The van der Waals surface area contributed by atoms with E-state index in [0.29, 0.717) is 30.1 Å². The minimum Gasteiger partial charge on any atom is -0.497 e. The molecule has 220 valence electrons. The fourth-order valence-electron chi connectivity index (χ4n) is 6.85. The molecule has 0 saturated carbocycles. The third-order valence-corrected chi connectivity index (χ3v) is 9.45. The summed E-state index contributed by atoms with van der Waals surface area (Å²) in [6, 6.07) is 4.04. The highest BCUT2D eigenvalue weighted by molar-refractivity contribution is 8.13. The molecule has 2 N–H and O–H groups in total. The molecule has 3 unspecified atom stereocenters. The van der Waals surface area contributed by atoms with Crippen molar-refractivity contribution in [1.82, 2.24) is 4.90 Å². The van der Waals surface area contributed by atoms with Crippen LogP contribution in [-0.4, -0.2) is 81.8 Å². The first kappa shape index (κ1) is 29.2. The Balaban J connectivity index is 1.49. The van der Waals surface area contributed by atoms with Crippen molar-refractivity contribution in [3.63, 3.8) is 0 Å². The number of benzene rings is 1. The summed E-state index contributed by atoms with van der Waals surface area (Å²) in [5.41, 5.74) is -1.24. The molecule has 1 saturated heterocycles. The summed E-state index contributed by atoms with van der Waals surface area (Å²) in [6.45, 7) is 7.15. The van der Waals surface area contributed by atoms with E-state index in [1.807, 2.05) is 19.1 Å². The molecule has 0 radical (unpaired) electrons. The van der Waals surface area contributed by atoms with Gasteiger partial charge in [-0.25, -0.2) is 4.79 Å². The Bertz CT molecular complexity index is 1180. The Morgan fingerprint density at radius 2 is 1.93 bits per heavy atom. The number of methoxy groups -OCH3 is 1. The average Bonchev–Trinajstić information content (AvgIpc) is 3.57. The van der Waals surface area contributed by atoms with Gasteiger partial charge in [0.05, 0.1) is 30.6 Å². The summed E-state index contributed by atoms with van der Waals surface area (Å²) < 4.78 is 23.5. The fraction of sp³-hybridized carbons (Fsp3) is 0.667. The van der Waals surface area contributed by atoms with E-state index >= 15 is 0 Å². The Labute approximate surface area is 240 Å². The highest BCUT2D eigenvalue weighted by Gasteiger charge is 2.59. The van der Waals surface area contributed by atoms with Crippen molar-refractivity contribution < 1.29 is 38.7 Å². The van der Waals surface area contributed by atoms with Crippen LogP contribution in [0.15, 0.2) is 24.0 Å². The maximum Gasteiger partial charge on any atom is 0.339 e. The highest BCUT2D eigenvalue weighted by atomic mass is 32.2. The van der Waals surface area contributed by atoms with Crippen molar-refractivity contribution in [2.24, 2.45) is 0 Å². The topological polar surface area (TPSA) is 115 Å². The monoisotopic (exact) mass is 575 g/mol. The van der Waals surface area contributed by atoms with E-state index in [1.165, 1.54) is 0 Å². The largest absolute Gasteiger partial charge is 0.497 e. The number of nitrogens with zero attached hydrogens (tertiary/aromatic N) is 1. The van der Waals surface area contributed by atoms with Crippen molar-refractivity contribution in [3.05, 3.63) is 35.1 Å². The van der Waals surface area contributed by atoms with Gasteiger partial charge in [0.15, 0.2) is 28.3 Å². The van der Waals surface area contributed by atoms with Crippen molar-refractivity contribution in [3.8, 4) is 11.5 Å². The lowest BCUT2D eigenvalue weighted by atomic mass is 9.77. The summed E-state index contributed by atoms with van der Waals surface area (Å²) in [4.78, 5) is 29.0. The van der Waals surface area contributed by atoms with Gasteiger partial charge >= 0.3 is 5.97 Å². The summed E-state index contributed by atoms with van der Waals surface area (Å²) >= 11 is 1.07. The first-order valence-electron chi connectivity index (χ1n) is 14.3. The van der Waals surface area contributed by atoms with Crippen LogP contribution in [0, 0.1) is 0 Å². The first-order chi connectivity index (χ1) is 19.0. The lowest BCUT2D eigenvalue weighted by Gasteiger charge is -2.39. The van der Waals surface area contributed by atoms with Crippen LogP contribution in [0.2, 0.25) is 0 Å². The number of thioether (sulfide) groups is 1. The molecule has 3 aliphatic heterocycles. The van der Waals surface area contributed by atoms with Crippen LogP contribution in [0.4, 0.5) is 0 Å². The van der Waals surface area contributed by atoms with Crippen molar-refractivity contribution in [2.75, 3.05) is 32.7 Å². The fourth-order valence-corrected chi connectivity index (χ4v) is 7.51. The van der Waals surface area contributed by atoms with Crippen LogP contribution < -0.4 is 9.47 Å². The molecule has 5 rings (SSSR count). The zero-order chi connectivity index (χ0) is 28.7. The van der Waals surface area contributed by atoms with Crippen LogP contribution >= 0.6 is 11.8 Å². The van der Waals surface area contributed by atoms with Crippen LogP contribution in [0.3, 0.4) is 0 Å². The lowest BCUT2D eigenvalue weighted by Crippen LogP contribution is -2.49. The molecule has 0 aromatic heterocycles. The normalized spacial score (nSPS) is 26.7. The Morgan fingerprint density at radius 1 is 1.18 bits per heavy atom. The number of fused-ring (bicyclic) bond motifs is 3. The molecule has 1 spiro atoms. The summed E-state index contributed by atoms with van der Waals surface area (Å²) in [5.74, 6) is 1.36. The molecular formula is C30H41NO8S. The van der Waals surface area contributed by atoms with Crippen LogP contribution in [0.1, 0.15) is 76.3 Å². The average molecular weight is 576 g/mol. The van der Waals surface area contributed by atoms with Gasteiger partial charge < -0.3 is 29.2 Å². The predicted octanol–water partition coefficient (Wildman–Crippen LogP) is 3.69. The summed E-state index contributed by atoms with van der Waals surface area (Å²) in [6.07, 6.45) is 4.40. The molecular weight excluding hydrogens is 534 g/mol. The van der Waals surface area contributed by atoms with Gasteiger partial charge in [0.25, 0.3) is 0 Å². The molecule has 10 heteroatoms. The molecule has 0 bridgehead atoms. The predicted molar refractivity (Wildman–Crippen MR) is 150 cm³/mol. The van der Waals surface area contributed by atoms with Crippen LogP contribution in [-0.2, 0) is 25.5 Å². The van der Waals surface area contributed by atoms with Gasteiger partial charge in [-0.05, 0) is 94.0 Å². The Kier molecular flexibility index (Phi) is 8.18. The van der Waals surface area contributed by atoms with E-state index in [1.54, 1.807) is 21.0 Å². The molecule has 40 heavy (non-hydrogen) atoms. The van der Waals surface area contributed by atoms with Gasteiger partial charge in [0.1, 0.15) is 5.76 Å². The molecule has 0 amide bonds. The highest BCUT2D eigenvalue weighted by Crippen LogP contribution is 2.55. The molecule has 1 fully saturated rings. The van der Waals surface area contributed by atoms with E-state index in [-0.39, 0.29) is 30.7 Å². The minimum absolute atomic E-state index is 0.00178. The smallest absolute Gasteiger partial charge is 0.339 e. The Hall–Kier alpha value is -2.27. The molecule has 1 aromatic rings. The van der Waals surface area contributed by atoms with Gasteiger partial charge in [0.2, 0.25) is 6.79 Å². The van der Waals surface area contributed by atoms with Crippen LogP contribution in [0.25, 0.3) is 0 Å². The first-order valence-corrected chi connectivity index (χ1v) is 15.2. The van der Waals surface area contributed by atoms with E-state index in [4.69, 9.17) is 18.9 Å². The number of carbonyl (C=O) groups excluding carboxylic acids is 2. The molecule has 3 heterocycles. The second-order valence-corrected chi connectivity index (χ2v) is 13.3. The zero-order valence-electron chi connectivity index (χ0n) is 23.9. The van der Waals surface area contributed by atoms with Crippen molar-refractivity contribution in [1.29, 1.82) is 0 Å². The molecule has 9 nitrogen and oxygen atoms in total. The van der Waals surface area contributed by atoms with Gasteiger partial charge in [-0.15, -0.1) is 0 Å². The molecule has 4 aliphatic rings. The van der Waals surface area contributed by atoms with E-state index in [9.17, 15) is 19.8 Å². The molecule has 1 aliphatic carbocycles. The second kappa shape index (κ2) is 11.2. The number of hydrogen-bond donors (Lipinski definition) is 2. The van der Waals surface area contributed by atoms with E-state index in [2.05, 4.69) is 11.0 Å².